The first-order valence-corrected chi connectivity index (χ1v) is 6.18. The first-order valence-electron chi connectivity index (χ1n) is 5.24. The Kier molecular flexibility index (Phi) is 3.38. The first kappa shape index (κ1) is 9.94. The summed E-state index contributed by atoms with van der Waals surface area (Å²) in [6.45, 7) is 0. The van der Waals surface area contributed by atoms with Gasteiger partial charge in [0.1, 0.15) is 0 Å². The first-order chi connectivity index (χ1) is 6.86. The summed E-state index contributed by atoms with van der Waals surface area (Å²) >= 11 is 1.65. The number of aliphatic hydroxyl groups is 1. The third-order valence-corrected chi connectivity index (χ3v) is 3.47. The molecule has 0 aliphatic heterocycles. The summed E-state index contributed by atoms with van der Waals surface area (Å²) < 4.78 is 0. The molecule has 1 heterocycles. The summed E-state index contributed by atoms with van der Waals surface area (Å²) in [4.78, 5) is 0. The zero-order valence-electron chi connectivity index (χ0n) is 8.28. The van der Waals surface area contributed by atoms with Gasteiger partial charge in [0.2, 0.25) is 0 Å². The van der Waals surface area contributed by atoms with E-state index in [-0.39, 0.29) is 6.10 Å². The number of rotatable bonds is 3. The van der Waals surface area contributed by atoms with E-state index >= 15 is 0 Å². The molecular weight excluding hydrogens is 192 g/mol. The van der Waals surface area contributed by atoms with Crippen LogP contribution in [0.25, 0.3) is 0 Å². The molecule has 0 spiro atoms. The van der Waals surface area contributed by atoms with Crippen LogP contribution in [0.1, 0.15) is 43.8 Å². The molecule has 0 saturated heterocycles. The molecule has 76 valence electrons. The van der Waals surface area contributed by atoms with Crippen LogP contribution in [0, 0.1) is 0 Å². The van der Waals surface area contributed by atoms with Gasteiger partial charge in [-0.3, -0.25) is 0 Å². The Bertz CT molecular complexity index is 300. The van der Waals surface area contributed by atoms with Gasteiger partial charge in [0.25, 0.3) is 0 Å². The Hall–Kier alpha value is -0.600. The Morgan fingerprint density at radius 1 is 1.43 bits per heavy atom. The van der Waals surface area contributed by atoms with Crippen LogP contribution in [0.4, 0.5) is 0 Å². The standard InChI is InChI=1S/C12H16OS/c13-12(11-6-7-14-9-11)8-10-4-2-1-3-5-10/h4,6-7,9,12-13H,1-3,5,8H2. The van der Waals surface area contributed by atoms with E-state index in [1.54, 1.807) is 11.3 Å². The lowest BCUT2D eigenvalue weighted by Crippen LogP contribution is -2.00. The van der Waals surface area contributed by atoms with Crippen molar-refractivity contribution >= 4 is 11.3 Å². The van der Waals surface area contributed by atoms with E-state index in [4.69, 9.17) is 0 Å². The van der Waals surface area contributed by atoms with Crippen molar-refractivity contribution in [1.82, 2.24) is 0 Å². The fourth-order valence-electron chi connectivity index (χ4n) is 1.92. The van der Waals surface area contributed by atoms with Crippen molar-refractivity contribution < 1.29 is 5.11 Å². The van der Waals surface area contributed by atoms with Crippen LogP contribution in [0.5, 0.6) is 0 Å². The lowest BCUT2D eigenvalue weighted by molar-refractivity contribution is 0.177. The molecule has 0 radical (unpaired) electrons. The van der Waals surface area contributed by atoms with Crippen molar-refractivity contribution in [3.8, 4) is 0 Å². The van der Waals surface area contributed by atoms with Crippen molar-refractivity contribution in [1.29, 1.82) is 0 Å². The molecule has 0 amide bonds. The van der Waals surface area contributed by atoms with Crippen molar-refractivity contribution in [2.75, 3.05) is 0 Å². The third-order valence-electron chi connectivity index (χ3n) is 2.77. The molecular formula is C12H16OS. The number of hydrogen-bond donors (Lipinski definition) is 1. The average molecular weight is 208 g/mol. The molecule has 2 heteroatoms. The van der Waals surface area contributed by atoms with Gasteiger partial charge >= 0.3 is 0 Å². The second-order valence-electron chi connectivity index (χ2n) is 3.88. The summed E-state index contributed by atoms with van der Waals surface area (Å²) in [5, 5.41) is 14.0. The predicted molar refractivity (Wildman–Crippen MR) is 60.4 cm³/mol. The van der Waals surface area contributed by atoms with Gasteiger partial charge in [-0.25, -0.2) is 0 Å². The molecule has 2 rings (SSSR count). The number of hydrogen-bond acceptors (Lipinski definition) is 2. The molecule has 1 nitrogen and oxygen atoms in total. The monoisotopic (exact) mass is 208 g/mol. The molecule has 1 aromatic heterocycles. The van der Waals surface area contributed by atoms with Crippen molar-refractivity contribution in [2.45, 2.75) is 38.2 Å². The summed E-state index contributed by atoms with van der Waals surface area (Å²) in [6.07, 6.45) is 7.84. The zero-order chi connectivity index (χ0) is 9.80. The van der Waals surface area contributed by atoms with Gasteiger partial charge in [0.05, 0.1) is 6.10 Å². The maximum absolute atomic E-state index is 9.93. The van der Waals surface area contributed by atoms with Gasteiger partial charge in [0.15, 0.2) is 0 Å². The smallest absolute Gasteiger partial charge is 0.0835 e. The molecule has 14 heavy (non-hydrogen) atoms. The molecule has 1 aliphatic rings. The Labute approximate surface area is 89.1 Å². The van der Waals surface area contributed by atoms with E-state index in [1.165, 1.54) is 31.3 Å². The molecule has 1 unspecified atom stereocenters. The fourth-order valence-corrected chi connectivity index (χ4v) is 2.63. The van der Waals surface area contributed by atoms with Crippen LogP contribution in [-0.2, 0) is 0 Å². The van der Waals surface area contributed by atoms with Crippen LogP contribution in [-0.4, -0.2) is 5.11 Å². The van der Waals surface area contributed by atoms with Gasteiger partial charge in [-0.05, 0) is 54.5 Å². The zero-order valence-corrected chi connectivity index (χ0v) is 9.09. The van der Waals surface area contributed by atoms with Crippen molar-refractivity contribution in [3.63, 3.8) is 0 Å². The highest BCUT2D eigenvalue weighted by molar-refractivity contribution is 7.07. The normalized spacial score (nSPS) is 19.1. The summed E-state index contributed by atoms with van der Waals surface area (Å²) in [5.41, 5.74) is 2.51. The van der Waals surface area contributed by atoms with Gasteiger partial charge in [-0.15, -0.1) is 0 Å². The van der Waals surface area contributed by atoms with E-state index in [2.05, 4.69) is 6.08 Å². The molecule has 0 saturated carbocycles. The number of allylic oxidation sites excluding steroid dienone is 1. The number of thiophene rings is 1. The SMILES string of the molecule is OC(CC1=CCCCC1)c1ccsc1. The third kappa shape index (κ3) is 2.46. The van der Waals surface area contributed by atoms with E-state index in [0.29, 0.717) is 0 Å². The Morgan fingerprint density at radius 2 is 2.36 bits per heavy atom. The largest absolute Gasteiger partial charge is 0.388 e. The fraction of sp³-hybridized carbons (Fsp3) is 0.500. The van der Waals surface area contributed by atoms with Crippen molar-refractivity contribution in [3.05, 3.63) is 34.0 Å². The summed E-state index contributed by atoms with van der Waals surface area (Å²) in [6, 6.07) is 2.01. The second kappa shape index (κ2) is 4.76. The maximum Gasteiger partial charge on any atom is 0.0835 e. The van der Waals surface area contributed by atoms with Crippen LogP contribution in [0.15, 0.2) is 28.5 Å². The van der Waals surface area contributed by atoms with Crippen LogP contribution < -0.4 is 0 Å². The maximum atomic E-state index is 9.93. The number of aliphatic hydroxyl groups excluding tert-OH is 1. The summed E-state index contributed by atoms with van der Waals surface area (Å²) in [7, 11) is 0. The lowest BCUT2D eigenvalue weighted by Gasteiger charge is -2.15. The quantitative estimate of drug-likeness (QED) is 0.751. The van der Waals surface area contributed by atoms with E-state index < -0.39 is 0 Å². The second-order valence-corrected chi connectivity index (χ2v) is 4.66. The topological polar surface area (TPSA) is 20.2 Å². The highest BCUT2D eigenvalue weighted by Crippen LogP contribution is 2.28. The van der Waals surface area contributed by atoms with Gasteiger partial charge in [-0.1, -0.05) is 11.6 Å². The Morgan fingerprint density at radius 3 is 3.00 bits per heavy atom. The minimum atomic E-state index is -0.286. The highest BCUT2D eigenvalue weighted by Gasteiger charge is 2.12. The molecule has 0 fully saturated rings. The molecule has 0 aromatic carbocycles. The minimum Gasteiger partial charge on any atom is -0.388 e. The molecule has 1 atom stereocenters. The molecule has 1 aliphatic carbocycles. The van der Waals surface area contributed by atoms with Gasteiger partial charge in [-0.2, -0.15) is 11.3 Å². The lowest BCUT2D eigenvalue weighted by atomic mass is 9.94. The van der Waals surface area contributed by atoms with Crippen LogP contribution in [0.3, 0.4) is 0 Å². The minimum absolute atomic E-state index is 0.286. The Balaban J connectivity index is 1.94. The highest BCUT2D eigenvalue weighted by atomic mass is 32.1. The van der Waals surface area contributed by atoms with Gasteiger partial charge in [0, 0.05) is 0 Å². The molecule has 1 aromatic rings. The molecule has 0 bridgehead atoms. The predicted octanol–water partition coefficient (Wildman–Crippen LogP) is 3.67. The summed E-state index contributed by atoms with van der Waals surface area (Å²) in [5.74, 6) is 0. The van der Waals surface area contributed by atoms with E-state index in [1.807, 2.05) is 16.8 Å². The van der Waals surface area contributed by atoms with Crippen LogP contribution in [0.2, 0.25) is 0 Å². The molecule has 1 N–H and O–H groups in total. The van der Waals surface area contributed by atoms with Crippen LogP contribution >= 0.6 is 11.3 Å². The van der Waals surface area contributed by atoms with Gasteiger partial charge < -0.3 is 5.11 Å². The van der Waals surface area contributed by atoms with E-state index in [9.17, 15) is 5.11 Å². The van der Waals surface area contributed by atoms with Crippen molar-refractivity contribution in [2.24, 2.45) is 0 Å². The average Bonchev–Trinajstić information content (AvgIpc) is 2.72. The van der Waals surface area contributed by atoms with E-state index in [0.717, 1.165) is 12.0 Å².